The molecule has 2 atom stereocenters. The van der Waals surface area contributed by atoms with E-state index in [1.165, 1.54) is 4.90 Å². The monoisotopic (exact) mass is 465 g/mol. The summed E-state index contributed by atoms with van der Waals surface area (Å²) >= 11 is 0. The van der Waals surface area contributed by atoms with Crippen molar-refractivity contribution in [3.63, 3.8) is 0 Å². The van der Waals surface area contributed by atoms with Gasteiger partial charge >= 0.3 is 12.2 Å². The molecule has 0 saturated carbocycles. The molecule has 1 aromatic carbocycles. The van der Waals surface area contributed by atoms with Crippen molar-refractivity contribution in [3.05, 3.63) is 24.3 Å². The summed E-state index contributed by atoms with van der Waals surface area (Å²) in [5, 5.41) is 15.7. The number of benzene rings is 1. The molecule has 0 aliphatic carbocycles. The first-order chi connectivity index (χ1) is 15.6. The Morgan fingerprint density at radius 1 is 1.15 bits per heavy atom. The lowest BCUT2D eigenvalue weighted by Crippen LogP contribution is -2.51. The highest BCUT2D eigenvalue weighted by Gasteiger charge is 2.42. The van der Waals surface area contributed by atoms with Crippen LogP contribution in [0.15, 0.2) is 24.3 Å². The Balaban J connectivity index is 1.47. The smallest absolute Gasteiger partial charge is 0.434 e. The summed E-state index contributed by atoms with van der Waals surface area (Å²) in [6, 6.07) is 6.67. The van der Waals surface area contributed by atoms with Gasteiger partial charge in [-0.2, -0.15) is 0 Å². The molecule has 2 fully saturated rings. The summed E-state index contributed by atoms with van der Waals surface area (Å²) in [7, 11) is 1.61. The Morgan fingerprint density at radius 2 is 1.79 bits per heavy atom. The topological polar surface area (TPSA) is 133 Å². The molecular weight excluding hydrogens is 434 g/mol. The van der Waals surface area contributed by atoms with Crippen molar-refractivity contribution < 1.29 is 33.8 Å². The third kappa shape index (κ3) is 6.39. The number of piperazine rings is 1. The summed E-state index contributed by atoms with van der Waals surface area (Å²) in [5.74, 6) is 0.0896. The molecule has 2 unspecified atom stereocenters. The standard InChI is InChI=1S/C21H31N5O7/c1-21(2,3)32-19(29)22-13-16-17(27)26(18(28)23-16)33-20(30)25-11-9-24(10-12-25)14-5-7-15(31-4)8-6-14/h5-8,16,18,23,28H,9-13H2,1-4H3,(H,22,29). The number of nitrogens with one attached hydrogen (secondary N) is 2. The summed E-state index contributed by atoms with van der Waals surface area (Å²) < 4.78 is 10.3. The van der Waals surface area contributed by atoms with Gasteiger partial charge in [0.15, 0.2) is 0 Å². The lowest BCUT2D eigenvalue weighted by Gasteiger charge is -2.36. The molecule has 2 heterocycles. The van der Waals surface area contributed by atoms with Gasteiger partial charge in [0, 0.05) is 38.4 Å². The maximum atomic E-state index is 12.5. The number of rotatable bonds is 5. The normalized spacial score (nSPS) is 21.1. The van der Waals surface area contributed by atoms with Gasteiger partial charge in [-0.25, -0.2) is 9.59 Å². The zero-order valence-corrected chi connectivity index (χ0v) is 19.2. The van der Waals surface area contributed by atoms with E-state index >= 15 is 0 Å². The minimum absolute atomic E-state index is 0.139. The molecule has 2 saturated heterocycles. The van der Waals surface area contributed by atoms with Gasteiger partial charge in [0.05, 0.1) is 7.11 Å². The molecule has 0 spiro atoms. The number of amides is 3. The van der Waals surface area contributed by atoms with E-state index in [4.69, 9.17) is 14.3 Å². The maximum Gasteiger partial charge on any atom is 0.434 e. The molecule has 0 radical (unpaired) electrons. The van der Waals surface area contributed by atoms with Crippen LogP contribution in [0.4, 0.5) is 15.3 Å². The van der Waals surface area contributed by atoms with E-state index in [0.717, 1.165) is 11.4 Å². The number of aliphatic hydroxyl groups is 1. The van der Waals surface area contributed by atoms with Crippen LogP contribution in [-0.2, 0) is 14.4 Å². The fraction of sp³-hybridized carbons (Fsp3) is 0.571. The van der Waals surface area contributed by atoms with Crippen LogP contribution < -0.4 is 20.3 Å². The quantitative estimate of drug-likeness (QED) is 0.567. The highest BCUT2D eigenvalue weighted by atomic mass is 16.7. The minimum Gasteiger partial charge on any atom is -0.497 e. The van der Waals surface area contributed by atoms with E-state index in [1.54, 1.807) is 27.9 Å². The average Bonchev–Trinajstić information content (AvgIpc) is 3.04. The van der Waals surface area contributed by atoms with E-state index in [0.29, 0.717) is 31.2 Å². The molecule has 33 heavy (non-hydrogen) atoms. The van der Waals surface area contributed by atoms with Crippen molar-refractivity contribution in [3.8, 4) is 5.75 Å². The second kappa shape index (κ2) is 10.1. The first-order valence-corrected chi connectivity index (χ1v) is 10.7. The molecule has 2 aliphatic rings. The zero-order valence-electron chi connectivity index (χ0n) is 19.2. The molecule has 182 valence electrons. The van der Waals surface area contributed by atoms with Gasteiger partial charge in [-0.1, -0.05) is 0 Å². The first-order valence-electron chi connectivity index (χ1n) is 10.7. The Kier molecular flexibility index (Phi) is 7.49. The second-order valence-electron chi connectivity index (χ2n) is 8.67. The second-order valence-corrected chi connectivity index (χ2v) is 8.67. The highest BCUT2D eigenvalue weighted by molar-refractivity contribution is 5.85. The first kappa shape index (κ1) is 24.4. The number of hydroxylamine groups is 2. The predicted molar refractivity (Wildman–Crippen MR) is 117 cm³/mol. The summed E-state index contributed by atoms with van der Waals surface area (Å²) in [4.78, 5) is 45.6. The number of anilines is 1. The van der Waals surface area contributed by atoms with Gasteiger partial charge in [-0.15, -0.1) is 5.06 Å². The maximum absolute atomic E-state index is 12.5. The third-order valence-electron chi connectivity index (χ3n) is 5.09. The molecule has 1 aromatic rings. The number of hydrogen-bond donors (Lipinski definition) is 3. The highest BCUT2D eigenvalue weighted by Crippen LogP contribution is 2.21. The Bertz CT molecular complexity index is 850. The van der Waals surface area contributed by atoms with Crippen LogP contribution in [-0.4, -0.2) is 91.0 Å². The Labute approximate surface area is 192 Å². The predicted octanol–water partition coefficient (Wildman–Crippen LogP) is 0.470. The van der Waals surface area contributed by atoms with Gasteiger partial charge in [0.1, 0.15) is 17.4 Å². The van der Waals surface area contributed by atoms with Crippen molar-refractivity contribution >= 4 is 23.8 Å². The van der Waals surface area contributed by atoms with Crippen molar-refractivity contribution in [2.75, 3.05) is 44.7 Å². The van der Waals surface area contributed by atoms with Gasteiger partial charge in [0.25, 0.3) is 5.91 Å². The van der Waals surface area contributed by atoms with Crippen molar-refractivity contribution in [1.29, 1.82) is 0 Å². The van der Waals surface area contributed by atoms with E-state index in [2.05, 4.69) is 15.5 Å². The number of hydrogen-bond acceptors (Lipinski definition) is 9. The van der Waals surface area contributed by atoms with Crippen LogP contribution in [0.2, 0.25) is 0 Å². The van der Waals surface area contributed by atoms with Crippen molar-refractivity contribution in [2.24, 2.45) is 0 Å². The van der Waals surface area contributed by atoms with Crippen LogP contribution >= 0.6 is 0 Å². The fourth-order valence-corrected chi connectivity index (χ4v) is 3.42. The largest absolute Gasteiger partial charge is 0.497 e. The molecular formula is C21H31N5O7. The number of carbonyl (C=O) groups is 3. The van der Waals surface area contributed by atoms with E-state index < -0.39 is 36.1 Å². The van der Waals surface area contributed by atoms with E-state index in [-0.39, 0.29) is 6.54 Å². The Morgan fingerprint density at radius 3 is 2.36 bits per heavy atom. The molecule has 0 bridgehead atoms. The van der Waals surface area contributed by atoms with Crippen LogP contribution in [0.5, 0.6) is 5.75 Å². The fourth-order valence-electron chi connectivity index (χ4n) is 3.42. The number of methoxy groups -OCH3 is 1. The van der Waals surface area contributed by atoms with Gasteiger partial charge in [0.2, 0.25) is 6.35 Å². The van der Waals surface area contributed by atoms with Crippen LogP contribution in [0.1, 0.15) is 20.8 Å². The number of carbonyl (C=O) groups excluding carboxylic acids is 3. The van der Waals surface area contributed by atoms with Gasteiger partial charge < -0.3 is 34.5 Å². The Hall–Kier alpha value is -3.25. The summed E-state index contributed by atoms with van der Waals surface area (Å²) in [6.45, 7) is 6.95. The average molecular weight is 466 g/mol. The number of nitrogens with zero attached hydrogens (tertiary/aromatic N) is 3. The number of alkyl carbamates (subject to hydrolysis) is 1. The SMILES string of the molecule is COc1ccc(N2CCN(C(=O)ON3C(=O)C(CNC(=O)OC(C)(C)C)NC3O)CC2)cc1. The molecule has 12 nitrogen and oxygen atoms in total. The summed E-state index contributed by atoms with van der Waals surface area (Å²) in [6.07, 6.45) is -2.96. The molecule has 2 aliphatic heterocycles. The van der Waals surface area contributed by atoms with Crippen LogP contribution in [0.25, 0.3) is 0 Å². The molecule has 12 heteroatoms. The lowest BCUT2D eigenvalue weighted by atomic mass is 10.2. The lowest BCUT2D eigenvalue weighted by molar-refractivity contribution is -0.196. The van der Waals surface area contributed by atoms with Crippen LogP contribution in [0.3, 0.4) is 0 Å². The van der Waals surface area contributed by atoms with Crippen molar-refractivity contribution in [2.45, 2.75) is 38.8 Å². The third-order valence-corrected chi connectivity index (χ3v) is 5.09. The molecule has 3 amide bonds. The van der Waals surface area contributed by atoms with Crippen LogP contribution in [0, 0.1) is 0 Å². The zero-order chi connectivity index (χ0) is 24.2. The minimum atomic E-state index is -1.52. The van der Waals surface area contributed by atoms with E-state index in [1.807, 2.05) is 24.3 Å². The summed E-state index contributed by atoms with van der Waals surface area (Å²) in [5.41, 5.74) is 0.328. The molecule has 3 N–H and O–H groups in total. The number of aliphatic hydroxyl groups excluding tert-OH is 1. The van der Waals surface area contributed by atoms with E-state index in [9.17, 15) is 19.5 Å². The number of ether oxygens (including phenoxy) is 2. The van der Waals surface area contributed by atoms with Gasteiger partial charge in [-0.3, -0.25) is 10.1 Å². The van der Waals surface area contributed by atoms with Gasteiger partial charge in [-0.05, 0) is 45.0 Å². The molecule has 3 rings (SSSR count). The van der Waals surface area contributed by atoms with Crippen molar-refractivity contribution in [1.82, 2.24) is 20.6 Å². The molecule has 0 aromatic heterocycles.